The Bertz CT molecular complexity index is 1390. The third-order valence-corrected chi connectivity index (χ3v) is 6.23. The van der Waals surface area contributed by atoms with Crippen molar-refractivity contribution in [1.82, 2.24) is 9.55 Å². The van der Waals surface area contributed by atoms with E-state index in [0.717, 1.165) is 16.6 Å². The molecule has 6 nitrogen and oxygen atoms in total. The van der Waals surface area contributed by atoms with Crippen molar-refractivity contribution in [2.75, 3.05) is 5.32 Å². The van der Waals surface area contributed by atoms with Gasteiger partial charge in [-0.05, 0) is 67.3 Å². The summed E-state index contributed by atoms with van der Waals surface area (Å²) < 4.78 is 7.40. The fourth-order valence-corrected chi connectivity index (χ4v) is 4.56. The summed E-state index contributed by atoms with van der Waals surface area (Å²) in [6.45, 7) is 3.77. The molecular formula is C23H18BCl2N3O3. The molecule has 0 atom stereocenters. The van der Waals surface area contributed by atoms with Gasteiger partial charge in [0.15, 0.2) is 0 Å². The lowest BCUT2D eigenvalue weighted by atomic mass is 9.78. The molecule has 0 aliphatic carbocycles. The van der Waals surface area contributed by atoms with Gasteiger partial charge in [0.2, 0.25) is 0 Å². The van der Waals surface area contributed by atoms with Crippen LogP contribution in [0.2, 0.25) is 10.0 Å². The van der Waals surface area contributed by atoms with Crippen LogP contribution < -0.4 is 10.8 Å². The molecule has 0 saturated heterocycles. The van der Waals surface area contributed by atoms with Gasteiger partial charge in [0.1, 0.15) is 5.65 Å². The summed E-state index contributed by atoms with van der Waals surface area (Å²) in [6, 6.07) is 14.2. The maximum Gasteiger partial charge on any atom is 0.492 e. The van der Waals surface area contributed by atoms with Crippen LogP contribution in [0.3, 0.4) is 0 Å². The van der Waals surface area contributed by atoms with Crippen LogP contribution in [-0.2, 0) is 10.3 Å². The van der Waals surface area contributed by atoms with Crippen LogP contribution in [0.1, 0.15) is 29.8 Å². The molecule has 0 fully saturated rings. The van der Waals surface area contributed by atoms with Crippen LogP contribution in [0, 0.1) is 0 Å². The second kappa shape index (κ2) is 7.64. The largest absolute Gasteiger partial charge is 0.492 e. The second-order valence-electron chi connectivity index (χ2n) is 8.12. The number of halogens is 2. The fourth-order valence-electron chi connectivity index (χ4n) is 4.05. The van der Waals surface area contributed by atoms with Gasteiger partial charge in [-0.15, -0.1) is 0 Å². The van der Waals surface area contributed by atoms with Crippen LogP contribution in [0.4, 0.5) is 5.69 Å². The highest BCUT2D eigenvalue weighted by Gasteiger charge is 2.40. The molecule has 160 valence electrons. The van der Waals surface area contributed by atoms with Gasteiger partial charge in [0.05, 0.1) is 21.2 Å². The Balaban J connectivity index is 1.43. The van der Waals surface area contributed by atoms with Crippen LogP contribution in [0.5, 0.6) is 0 Å². The SMILES string of the molecule is CC1(C)OB(O)c2cc(NC(=O)c3ccc(-n4cc(Cl)c5cccnc54)cc3Cl)ccc21. The van der Waals surface area contributed by atoms with Crippen molar-refractivity contribution in [3.05, 3.63) is 82.1 Å². The van der Waals surface area contributed by atoms with E-state index in [4.69, 9.17) is 27.9 Å². The summed E-state index contributed by atoms with van der Waals surface area (Å²) >= 11 is 12.8. The van der Waals surface area contributed by atoms with E-state index in [-0.39, 0.29) is 5.91 Å². The van der Waals surface area contributed by atoms with Crippen molar-refractivity contribution in [2.45, 2.75) is 19.4 Å². The molecule has 1 amide bonds. The quantitative estimate of drug-likeness (QED) is 0.435. The zero-order valence-electron chi connectivity index (χ0n) is 17.3. The Morgan fingerprint density at radius 3 is 2.75 bits per heavy atom. The average Bonchev–Trinajstić information content (AvgIpc) is 3.21. The molecule has 1 aliphatic rings. The van der Waals surface area contributed by atoms with Gasteiger partial charge in [-0.25, -0.2) is 4.98 Å². The van der Waals surface area contributed by atoms with E-state index in [1.54, 1.807) is 42.7 Å². The monoisotopic (exact) mass is 465 g/mol. The van der Waals surface area contributed by atoms with Crippen molar-refractivity contribution in [3.8, 4) is 5.69 Å². The first-order valence-corrected chi connectivity index (χ1v) is 10.7. The minimum atomic E-state index is -1.03. The van der Waals surface area contributed by atoms with Gasteiger partial charge >= 0.3 is 7.12 Å². The first kappa shape index (κ1) is 21.0. The van der Waals surface area contributed by atoms with Crippen LogP contribution in [0.15, 0.2) is 60.9 Å². The lowest BCUT2D eigenvalue weighted by Crippen LogP contribution is -2.29. The normalized spacial score (nSPS) is 14.6. The van der Waals surface area contributed by atoms with Crippen molar-refractivity contribution in [1.29, 1.82) is 0 Å². The number of aromatic nitrogens is 2. The van der Waals surface area contributed by atoms with Crippen molar-refractivity contribution >= 4 is 58.4 Å². The standard InChI is InChI=1S/C23H18BCl2N3O3/c1-23(2)17-8-5-13(10-18(17)24(31)32-23)28-22(30)16-7-6-14(11-19(16)25)29-12-20(26)15-4-3-9-27-21(15)29/h3-12,31H,1-2H3,(H,28,30). The fraction of sp³-hybridized carbons (Fsp3) is 0.130. The maximum atomic E-state index is 12.9. The Morgan fingerprint density at radius 1 is 1.16 bits per heavy atom. The molecule has 2 aromatic heterocycles. The van der Waals surface area contributed by atoms with E-state index < -0.39 is 12.7 Å². The van der Waals surface area contributed by atoms with Crippen LogP contribution in [0.25, 0.3) is 16.7 Å². The Kier molecular flexibility index (Phi) is 5.02. The Labute approximate surface area is 194 Å². The zero-order valence-corrected chi connectivity index (χ0v) is 18.8. The highest BCUT2D eigenvalue weighted by Crippen LogP contribution is 2.32. The molecule has 0 bridgehead atoms. The van der Waals surface area contributed by atoms with E-state index in [9.17, 15) is 9.82 Å². The molecule has 9 heteroatoms. The van der Waals surface area contributed by atoms with E-state index >= 15 is 0 Å². The molecule has 3 heterocycles. The summed E-state index contributed by atoms with van der Waals surface area (Å²) in [5.41, 5.74) is 3.24. The molecule has 0 spiro atoms. The number of hydrogen-bond donors (Lipinski definition) is 2. The first-order valence-electron chi connectivity index (χ1n) is 9.98. The zero-order chi connectivity index (χ0) is 22.6. The third-order valence-electron chi connectivity index (χ3n) is 5.62. The topological polar surface area (TPSA) is 76.4 Å². The summed E-state index contributed by atoms with van der Waals surface area (Å²) in [6.07, 6.45) is 3.46. The van der Waals surface area contributed by atoms with Gasteiger partial charge < -0.3 is 15.0 Å². The lowest BCUT2D eigenvalue weighted by Gasteiger charge is -2.19. The highest BCUT2D eigenvalue weighted by molar-refractivity contribution is 6.62. The minimum Gasteiger partial charge on any atom is -0.423 e. The molecule has 2 N–H and O–H groups in total. The minimum absolute atomic E-state index is 0.291. The van der Waals surface area contributed by atoms with Gasteiger partial charge in [-0.2, -0.15) is 0 Å². The number of fused-ring (bicyclic) bond motifs is 2. The van der Waals surface area contributed by atoms with E-state index in [2.05, 4.69) is 10.3 Å². The molecular weight excluding hydrogens is 448 g/mol. The Hall–Kier alpha value is -2.84. The van der Waals surface area contributed by atoms with Crippen molar-refractivity contribution in [2.24, 2.45) is 0 Å². The molecule has 0 saturated carbocycles. The Morgan fingerprint density at radius 2 is 1.97 bits per heavy atom. The van der Waals surface area contributed by atoms with Gasteiger partial charge in [0, 0.05) is 29.2 Å². The molecule has 0 radical (unpaired) electrons. The number of amides is 1. The lowest BCUT2D eigenvalue weighted by molar-refractivity contribution is 0.101. The number of nitrogens with zero attached hydrogens (tertiary/aromatic N) is 2. The first-order chi connectivity index (χ1) is 15.2. The maximum absolute atomic E-state index is 12.9. The van der Waals surface area contributed by atoms with Crippen LogP contribution in [-0.4, -0.2) is 27.6 Å². The number of nitrogens with one attached hydrogen (secondary N) is 1. The number of pyridine rings is 1. The van der Waals surface area contributed by atoms with Crippen molar-refractivity contribution < 1.29 is 14.5 Å². The predicted octanol–water partition coefficient (Wildman–Crippen LogP) is 4.54. The van der Waals surface area contributed by atoms with E-state index in [1.165, 1.54) is 0 Å². The molecule has 1 aliphatic heterocycles. The molecule has 5 rings (SSSR count). The number of rotatable bonds is 3. The summed E-state index contributed by atoms with van der Waals surface area (Å²) in [7, 11) is -1.03. The molecule has 2 aromatic carbocycles. The molecule has 0 unspecified atom stereocenters. The van der Waals surface area contributed by atoms with E-state index in [0.29, 0.717) is 32.4 Å². The van der Waals surface area contributed by atoms with Crippen LogP contribution >= 0.6 is 23.2 Å². The predicted molar refractivity (Wildman–Crippen MR) is 127 cm³/mol. The van der Waals surface area contributed by atoms with Gasteiger partial charge in [-0.1, -0.05) is 29.3 Å². The number of benzene rings is 2. The summed E-state index contributed by atoms with van der Waals surface area (Å²) in [4.78, 5) is 17.3. The number of carbonyl (C=O) groups is 1. The van der Waals surface area contributed by atoms with Gasteiger partial charge in [0.25, 0.3) is 5.91 Å². The smallest absolute Gasteiger partial charge is 0.423 e. The molecule has 32 heavy (non-hydrogen) atoms. The molecule has 4 aromatic rings. The summed E-state index contributed by atoms with van der Waals surface area (Å²) in [5, 5.41) is 14.7. The average molecular weight is 466 g/mol. The number of anilines is 1. The second-order valence-corrected chi connectivity index (χ2v) is 8.94. The third kappa shape index (κ3) is 3.47. The van der Waals surface area contributed by atoms with Gasteiger partial charge in [-0.3, -0.25) is 9.36 Å². The number of hydrogen-bond acceptors (Lipinski definition) is 4. The number of carbonyl (C=O) groups excluding carboxylic acids is 1. The summed E-state index contributed by atoms with van der Waals surface area (Å²) in [5.74, 6) is -0.359. The van der Waals surface area contributed by atoms with Crippen molar-refractivity contribution in [3.63, 3.8) is 0 Å². The van der Waals surface area contributed by atoms with E-state index in [1.807, 2.05) is 36.6 Å². The highest BCUT2D eigenvalue weighted by atomic mass is 35.5.